The smallest absolute Gasteiger partial charge is 0.283 e. The Morgan fingerprint density at radius 1 is 1.43 bits per heavy atom. The van der Waals surface area contributed by atoms with Crippen molar-refractivity contribution in [3.05, 3.63) is 44.4 Å². The molecule has 0 aliphatic carbocycles. The lowest BCUT2D eigenvalue weighted by Gasteiger charge is -2.14. The van der Waals surface area contributed by atoms with Gasteiger partial charge in [0.2, 0.25) is 10.0 Å². The van der Waals surface area contributed by atoms with Gasteiger partial charge in [0.25, 0.3) is 5.69 Å². The second-order valence-electron chi connectivity index (χ2n) is 4.51. The van der Waals surface area contributed by atoms with E-state index in [0.717, 1.165) is 25.1 Å². The van der Waals surface area contributed by atoms with Crippen LogP contribution in [0.2, 0.25) is 0 Å². The largest absolute Gasteiger partial charge is 0.313 e. The molecule has 1 aromatic rings. The highest BCUT2D eigenvalue weighted by Crippen LogP contribution is 2.27. The van der Waals surface area contributed by atoms with Crippen molar-refractivity contribution in [3.63, 3.8) is 0 Å². The highest BCUT2D eigenvalue weighted by molar-refractivity contribution is 9.10. The maximum absolute atomic E-state index is 12.2. The van der Waals surface area contributed by atoms with E-state index in [9.17, 15) is 18.5 Å². The fourth-order valence-electron chi connectivity index (χ4n) is 1.90. The van der Waals surface area contributed by atoms with Crippen LogP contribution in [0.5, 0.6) is 0 Å². The Hall–Kier alpha value is -1.29. The lowest BCUT2D eigenvalue weighted by atomic mass is 10.1. The number of nitro groups is 1. The maximum atomic E-state index is 12.2. The molecule has 1 aromatic carbocycles. The van der Waals surface area contributed by atoms with E-state index in [1.54, 1.807) is 0 Å². The Balaban J connectivity index is 2.14. The van der Waals surface area contributed by atoms with Gasteiger partial charge in [0.05, 0.1) is 14.3 Å². The molecule has 21 heavy (non-hydrogen) atoms. The number of benzene rings is 1. The molecule has 2 N–H and O–H groups in total. The molecule has 0 atom stereocenters. The molecule has 9 heteroatoms. The molecule has 1 heterocycles. The van der Waals surface area contributed by atoms with Gasteiger partial charge in [-0.2, -0.15) is 0 Å². The molecule has 0 saturated heterocycles. The van der Waals surface area contributed by atoms with Gasteiger partial charge < -0.3 is 5.32 Å². The third-order valence-corrected chi connectivity index (χ3v) is 5.11. The van der Waals surface area contributed by atoms with Crippen molar-refractivity contribution in [1.29, 1.82) is 0 Å². The van der Waals surface area contributed by atoms with Crippen molar-refractivity contribution in [2.75, 3.05) is 19.6 Å². The second kappa shape index (κ2) is 6.65. The first-order valence-electron chi connectivity index (χ1n) is 6.22. The summed E-state index contributed by atoms with van der Waals surface area (Å²) < 4.78 is 27.0. The predicted molar refractivity (Wildman–Crippen MR) is 81.6 cm³/mol. The highest BCUT2D eigenvalue weighted by Gasteiger charge is 2.19. The molecule has 0 unspecified atom stereocenters. The van der Waals surface area contributed by atoms with Crippen LogP contribution in [0.4, 0.5) is 5.69 Å². The van der Waals surface area contributed by atoms with Crippen molar-refractivity contribution in [1.82, 2.24) is 10.0 Å². The Morgan fingerprint density at radius 2 is 2.19 bits per heavy atom. The molecular formula is C12H14BrN3O4S. The minimum absolute atomic E-state index is 0.00508. The van der Waals surface area contributed by atoms with E-state index in [4.69, 9.17) is 0 Å². The first-order valence-corrected chi connectivity index (χ1v) is 8.50. The van der Waals surface area contributed by atoms with Crippen molar-refractivity contribution in [2.45, 2.75) is 11.3 Å². The molecule has 0 amide bonds. The fourth-order valence-corrected chi connectivity index (χ4v) is 3.64. The van der Waals surface area contributed by atoms with E-state index in [2.05, 4.69) is 26.0 Å². The minimum Gasteiger partial charge on any atom is -0.313 e. The van der Waals surface area contributed by atoms with E-state index in [1.807, 2.05) is 6.08 Å². The van der Waals surface area contributed by atoms with Crippen molar-refractivity contribution in [2.24, 2.45) is 0 Å². The number of nitro benzene ring substituents is 1. The van der Waals surface area contributed by atoms with Crippen LogP contribution in [0.3, 0.4) is 0 Å². The van der Waals surface area contributed by atoms with Crippen LogP contribution in [-0.4, -0.2) is 33.0 Å². The maximum Gasteiger partial charge on any atom is 0.283 e. The van der Waals surface area contributed by atoms with Gasteiger partial charge >= 0.3 is 0 Å². The predicted octanol–water partition coefficient (Wildman–Crippen LogP) is 1.56. The molecule has 1 aliphatic heterocycles. The zero-order valence-corrected chi connectivity index (χ0v) is 13.4. The number of hydrogen-bond acceptors (Lipinski definition) is 5. The SMILES string of the molecule is O=[N+]([O-])c1ccc(S(=O)(=O)NCC2=CCNCC2)cc1Br. The van der Waals surface area contributed by atoms with Crippen LogP contribution < -0.4 is 10.0 Å². The van der Waals surface area contributed by atoms with Gasteiger partial charge in [-0.05, 0) is 41.0 Å². The van der Waals surface area contributed by atoms with Crippen LogP contribution in [0, 0.1) is 10.1 Å². The molecule has 0 saturated carbocycles. The third kappa shape index (κ3) is 4.10. The fraction of sp³-hybridized carbons (Fsp3) is 0.333. The summed E-state index contributed by atoms with van der Waals surface area (Å²) in [5.41, 5.74) is 0.855. The van der Waals surface area contributed by atoms with E-state index in [0.29, 0.717) is 0 Å². The molecule has 114 valence electrons. The minimum atomic E-state index is -3.69. The monoisotopic (exact) mass is 375 g/mol. The number of halogens is 1. The van der Waals surface area contributed by atoms with Gasteiger partial charge in [-0.15, -0.1) is 0 Å². The summed E-state index contributed by atoms with van der Waals surface area (Å²) in [7, 11) is -3.69. The zero-order chi connectivity index (χ0) is 15.5. The van der Waals surface area contributed by atoms with Crippen LogP contribution in [0.25, 0.3) is 0 Å². The zero-order valence-electron chi connectivity index (χ0n) is 11.0. The van der Waals surface area contributed by atoms with Crippen LogP contribution >= 0.6 is 15.9 Å². The van der Waals surface area contributed by atoms with E-state index >= 15 is 0 Å². The summed E-state index contributed by atoms with van der Waals surface area (Å²) in [5, 5.41) is 13.9. The summed E-state index contributed by atoms with van der Waals surface area (Å²) in [6, 6.07) is 3.63. The van der Waals surface area contributed by atoms with E-state index in [-0.39, 0.29) is 21.6 Å². The van der Waals surface area contributed by atoms with Crippen LogP contribution in [0.1, 0.15) is 6.42 Å². The molecule has 0 fully saturated rings. The van der Waals surface area contributed by atoms with Gasteiger partial charge in [-0.1, -0.05) is 11.6 Å². The third-order valence-electron chi connectivity index (χ3n) is 3.07. The van der Waals surface area contributed by atoms with E-state index in [1.165, 1.54) is 18.2 Å². The highest BCUT2D eigenvalue weighted by atomic mass is 79.9. The van der Waals surface area contributed by atoms with Gasteiger partial charge in [0.1, 0.15) is 0 Å². The molecule has 0 radical (unpaired) electrons. The number of hydrogen-bond donors (Lipinski definition) is 2. The Bertz CT molecular complexity index is 688. The van der Waals surface area contributed by atoms with Gasteiger partial charge in [-0.25, -0.2) is 13.1 Å². The Morgan fingerprint density at radius 3 is 2.76 bits per heavy atom. The molecule has 0 aromatic heterocycles. The molecule has 2 rings (SSSR count). The molecule has 0 bridgehead atoms. The Labute approximate surface area is 130 Å². The lowest BCUT2D eigenvalue weighted by Crippen LogP contribution is -2.29. The average Bonchev–Trinajstić information content (AvgIpc) is 2.46. The lowest BCUT2D eigenvalue weighted by molar-refractivity contribution is -0.385. The second-order valence-corrected chi connectivity index (χ2v) is 7.13. The number of nitrogens with one attached hydrogen (secondary N) is 2. The van der Waals surface area contributed by atoms with Gasteiger partial charge in [-0.3, -0.25) is 10.1 Å². The molecular weight excluding hydrogens is 362 g/mol. The van der Waals surface area contributed by atoms with Gasteiger partial charge in [0.15, 0.2) is 0 Å². The Kier molecular flexibility index (Phi) is 5.09. The summed E-state index contributed by atoms with van der Waals surface area (Å²) in [4.78, 5) is 10.1. The molecule has 0 spiro atoms. The summed E-state index contributed by atoms with van der Waals surface area (Å²) in [6.45, 7) is 1.81. The molecule has 1 aliphatic rings. The van der Waals surface area contributed by atoms with Gasteiger partial charge in [0, 0.05) is 19.2 Å². The molecule has 7 nitrogen and oxygen atoms in total. The topological polar surface area (TPSA) is 101 Å². The van der Waals surface area contributed by atoms with Crippen molar-refractivity contribution >= 4 is 31.6 Å². The number of rotatable bonds is 5. The van der Waals surface area contributed by atoms with Crippen molar-refractivity contribution in [3.8, 4) is 0 Å². The van der Waals surface area contributed by atoms with Crippen LogP contribution in [0.15, 0.2) is 39.2 Å². The first kappa shape index (κ1) is 16.1. The van der Waals surface area contributed by atoms with Crippen LogP contribution in [-0.2, 0) is 10.0 Å². The first-order chi connectivity index (χ1) is 9.90. The summed E-state index contributed by atoms with van der Waals surface area (Å²) in [5.74, 6) is 0. The van der Waals surface area contributed by atoms with Crippen molar-refractivity contribution < 1.29 is 13.3 Å². The average molecular weight is 376 g/mol. The quantitative estimate of drug-likeness (QED) is 0.461. The number of sulfonamides is 1. The standard InChI is InChI=1S/C12H14BrN3O4S/c13-11-7-10(1-2-12(11)16(17)18)21(19,20)15-8-9-3-5-14-6-4-9/h1-3,7,14-15H,4-6,8H2. The normalized spacial score (nSPS) is 15.6. The number of nitrogens with zero attached hydrogens (tertiary/aromatic N) is 1. The summed E-state index contributed by atoms with van der Waals surface area (Å²) in [6.07, 6.45) is 2.75. The van der Waals surface area contributed by atoms with E-state index < -0.39 is 14.9 Å². The summed E-state index contributed by atoms with van der Waals surface area (Å²) >= 11 is 3.01.